The van der Waals surface area contributed by atoms with Crippen LogP contribution in [0.3, 0.4) is 0 Å². The standard InChI is InChI=1S/C24H30N2O3S/c1-15-7-5-6-8-19(15)24(28,29-4)22(27)17-9-11-23(3,12-10-17)30-18-13-20(25)16(2)21(26)14-18/h5-11,13-15,19,28H,12,25-26H2,1-4H3. The molecule has 0 saturated carbocycles. The summed E-state index contributed by atoms with van der Waals surface area (Å²) in [5, 5.41) is 11.1. The van der Waals surface area contributed by atoms with Gasteiger partial charge in [0.2, 0.25) is 11.6 Å². The molecule has 0 spiro atoms. The fourth-order valence-corrected chi connectivity index (χ4v) is 5.02. The molecule has 0 bridgehead atoms. The SMILES string of the molecule is COC(O)(C(=O)C1=CCC(C)(Sc2cc(N)c(C)c(N)c2)C=C1)C1C=CC=CC1C. The maximum absolute atomic E-state index is 13.2. The summed E-state index contributed by atoms with van der Waals surface area (Å²) in [5.41, 5.74) is 14.8. The molecule has 0 amide bonds. The number of benzene rings is 1. The zero-order valence-corrected chi connectivity index (χ0v) is 18.7. The maximum Gasteiger partial charge on any atom is 0.238 e. The first-order valence-electron chi connectivity index (χ1n) is 10.0. The second kappa shape index (κ2) is 8.46. The Balaban J connectivity index is 1.78. The van der Waals surface area contributed by atoms with Crippen molar-refractivity contribution in [2.24, 2.45) is 11.8 Å². The summed E-state index contributed by atoms with van der Waals surface area (Å²) in [6.07, 6.45) is 13.8. The molecule has 0 radical (unpaired) electrons. The summed E-state index contributed by atoms with van der Waals surface area (Å²) in [4.78, 5) is 14.2. The zero-order valence-electron chi connectivity index (χ0n) is 17.9. The third-order valence-electron chi connectivity index (χ3n) is 5.92. The Morgan fingerprint density at radius 1 is 1.27 bits per heavy atom. The van der Waals surface area contributed by atoms with Crippen LogP contribution in [0.2, 0.25) is 0 Å². The Morgan fingerprint density at radius 3 is 2.43 bits per heavy atom. The van der Waals surface area contributed by atoms with Crippen LogP contribution in [0, 0.1) is 18.8 Å². The Hall–Kier alpha value is -2.28. The molecule has 160 valence electrons. The van der Waals surface area contributed by atoms with E-state index in [1.54, 1.807) is 17.8 Å². The minimum atomic E-state index is -1.91. The third-order valence-corrected chi connectivity index (χ3v) is 7.16. The van der Waals surface area contributed by atoms with Gasteiger partial charge < -0.3 is 21.3 Å². The van der Waals surface area contributed by atoms with Gasteiger partial charge in [0, 0.05) is 39.6 Å². The number of thioether (sulfide) groups is 1. The van der Waals surface area contributed by atoms with E-state index < -0.39 is 17.5 Å². The molecule has 5 nitrogen and oxygen atoms in total. The lowest BCUT2D eigenvalue weighted by Gasteiger charge is -2.36. The van der Waals surface area contributed by atoms with E-state index in [1.807, 2.05) is 62.4 Å². The number of nitrogen functional groups attached to an aromatic ring is 2. The number of hydrogen-bond acceptors (Lipinski definition) is 6. The average Bonchev–Trinajstić information content (AvgIpc) is 2.71. The predicted octanol–water partition coefficient (Wildman–Crippen LogP) is 4.18. The summed E-state index contributed by atoms with van der Waals surface area (Å²) in [6.45, 7) is 5.95. The number of nitrogens with two attached hydrogens (primary N) is 2. The summed E-state index contributed by atoms with van der Waals surface area (Å²) in [7, 11) is 1.37. The zero-order chi connectivity index (χ0) is 22.1. The van der Waals surface area contributed by atoms with Gasteiger partial charge >= 0.3 is 0 Å². The van der Waals surface area contributed by atoms with E-state index in [9.17, 15) is 9.90 Å². The van der Waals surface area contributed by atoms with Crippen LogP contribution in [0.1, 0.15) is 25.8 Å². The van der Waals surface area contributed by atoms with Crippen LogP contribution >= 0.6 is 11.8 Å². The van der Waals surface area contributed by atoms with E-state index in [2.05, 4.69) is 6.92 Å². The minimum absolute atomic E-state index is 0.0182. The Bertz CT molecular complexity index is 942. The van der Waals surface area contributed by atoms with Crippen molar-refractivity contribution in [3.05, 3.63) is 65.8 Å². The van der Waals surface area contributed by atoms with Crippen LogP contribution in [-0.2, 0) is 9.53 Å². The number of carbonyl (C=O) groups is 1. The minimum Gasteiger partial charge on any atom is -0.398 e. The number of methoxy groups -OCH3 is 1. The van der Waals surface area contributed by atoms with Crippen molar-refractivity contribution in [2.45, 2.75) is 42.6 Å². The van der Waals surface area contributed by atoms with Gasteiger partial charge in [0.05, 0.1) is 0 Å². The molecule has 6 heteroatoms. The van der Waals surface area contributed by atoms with Gasteiger partial charge in [-0.3, -0.25) is 4.79 Å². The van der Waals surface area contributed by atoms with Crippen LogP contribution in [0.5, 0.6) is 0 Å². The lowest BCUT2D eigenvalue weighted by Crippen LogP contribution is -2.50. The van der Waals surface area contributed by atoms with Crippen molar-refractivity contribution in [1.82, 2.24) is 0 Å². The summed E-state index contributed by atoms with van der Waals surface area (Å²) in [5.74, 6) is -2.79. The molecule has 5 N–H and O–H groups in total. The largest absolute Gasteiger partial charge is 0.398 e. The van der Waals surface area contributed by atoms with Crippen molar-refractivity contribution in [2.75, 3.05) is 18.6 Å². The molecular formula is C24H30N2O3S. The van der Waals surface area contributed by atoms with Gasteiger partial charge in [-0.1, -0.05) is 49.5 Å². The number of aliphatic hydroxyl groups is 1. The van der Waals surface area contributed by atoms with Crippen LogP contribution in [0.4, 0.5) is 11.4 Å². The van der Waals surface area contributed by atoms with E-state index in [4.69, 9.17) is 16.2 Å². The van der Waals surface area contributed by atoms with Gasteiger partial charge in [-0.2, -0.15) is 0 Å². The van der Waals surface area contributed by atoms with Gasteiger partial charge in [0.15, 0.2) is 0 Å². The number of allylic oxidation sites excluding steroid dienone is 5. The van der Waals surface area contributed by atoms with E-state index in [0.29, 0.717) is 23.4 Å². The highest BCUT2D eigenvalue weighted by Crippen LogP contribution is 2.42. The molecule has 0 saturated heterocycles. The number of hydrogen-bond donors (Lipinski definition) is 3. The highest BCUT2D eigenvalue weighted by Gasteiger charge is 2.46. The molecule has 0 aromatic heterocycles. The lowest BCUT2D eigenvalue weighted by molar-refractivity contribution is -0.210. The predicted molar refractivity (Wildman–Crippen MR) is 124 cm³/mol. The first-order valence-corrected chi connectivity index (χ1v) is 10.8. The Kier molecular flexibility index (Phi) is 6.32. The smallest absolute Gasteiger partial charge is 0.238 e. The molecule has 2 aliphatic rings. The molecule has 0 heterocycles. The average molecular weight is 427 g/mol. The molecule has 0 aliphatic heterocycles. The molecule has 30 heavy (non-hydrogen) atoms. The van der Waals surface area contributed by atoms with Crippen molar-refractivity contribution < 1.29 is 14.6 Å². The first kappa shape index (κ1) is 22.4. The molecular weight excluding hydrogens is 396 g/mol. The molecule has 2 aliphatic carbocycles. The van der Waals surface area contributed by atoms with E-state index in [-0.39, 0.29) is 10.7 Å². The quantitative estimate of drug-likeness (QED) is 0.466. The monoisotopic (exact) mass is 426 g/mol. The number of rotatable bonds is 6. The normalized spacial score (nSPS) is 27.6. The van der Waals surface area contributed by atoms with Gasteiger partial charge in [0.25, 0.3) is 0 Å². The van der Waals surface area contributed by atoms with E-state index in [1.165, 1.54) is 7.11 Å². The highest BCUT2D eigenvalue weighted by molar-refractivity contribution is 8.00. The number of carbonyl (C=O) groups excluding carboxylic acids is 1. The maximum atomic E-state index is 13.2. The third kappa shape index (κ3) is 4.26. The molecule has 1 aromatic carbocycles. The Labute approximate surface area is 182 Å². The molecule has 0 fully saturated rings. The second-order valence-electron chi connectivity index (χ2n) is 8.22. The summed E-state index contributed by atoms with van der Waals surface area (Å²) in [6, 6.07) is 3.85. The number of anilines is 2. The van der Waals surface area contributed by atoms with E-state index >= 15 is 0 Å². The molecule has 3 rings (SSSR count). The number of ketones is 1. The van der Waals surface area contributed by atoms with Crippen molar-refractivity contribution in [3.63, 3.8) is 0 Å². The Morgan fingerprint density at radius 2 is 1.90 bits per heavy atom. The fourth-order valence-electron chi connectivity index (χ4n) is 3.81. The first-order chi connectivity index (χ1) is 14.1. The van der Waals surface area contributed by atoms with Crippen molar-refractivity contribution in [3.8, 4) is 0 Å². The topological polar surface area (TPSA) is 98.6 Å². The molecule has 4 atom stereocenters. The van der Waals surface area contributed by atoms with E-state index in [0.717, 1.165) is 10.5 Å². The van der Waals surface area contributed by atoms with Crippen LogP contribution < -0.4 is 11.5 Å². The highest BCUT2D eigenvalue weighted by atomic mass is 32.2. The summed E-state index contributed by atoms with van der Waals surface area (Å²) < 4.78 is 5.10. The van der Waals surface area contributed by atoms with Crippen LogP contribution in [0.25, 0.3) is 0 Å². The van der Waals surface area contributed by atoms with Gasteiger partial charge in [-0.05, 0) is 43.9 Å². The van der Waals surface area contributed by atoms with Crippen molar-refractivity contribution >= 4 is 28.9 Å². The molecule has 4 unspecified atom stereocenters. The van der Waals surface area contributed by atoms with Crippen LogP contribution in [-0.4, -0.2) is 28.5 Å². The molecule has 1 aromatic rings. The number of ether oxygens (including phenoxy) is 1. The number of Topliss-reactive ketones (excluding diaryl/α,β-unsaturated/α-hetero) is 1. The second-order valence-corrected chi connectivity index (χ2v) is 9.83. The van der Waals surface area contributed by atoms with Crippen LogP contribution in [0.15, 0.2) is 65.1 Å². The van der Waals surface area contributed by atoms with Gasteiger partial charge in [-0.15, -0.1) is 11.8 Å². The lowest BCUT2D eigenvalue weighted by atomic mass is 9.79. The van der Waals surface area contributed by atoms with Gasteiger partial charge in [0.1, 0.15) is 0 Å². The summed E-state index contributed by atoms with van der Waals surface area (Å²) >= 11 is 1.64. The van der Waals surface area contributed by atoms with Crippen molar-refractivity contribution in [1.29, 1.82) is 0 Å². The fraction of sp³-hybridized carbons (Fsp3) is 0.375. The van der Waals surface area contributed by atoms with Gasteiger partial charge in [-0.25, -0.2) is 0 Å².